The van der Waals surface area contributed by atoms with E-state index in [1.54, 1.807) is 18.2 Å². The van der Waals surface area contributed by atoms with Gasteiger partial charge in [-0.05, 0) is 36.4 Å². The number of anilines is 1. The van der Waals surface area contributed by atoms with Crippen LogP contribution >= 0.6 is 15.9 Å². The first kappa shape index (κ1) is 13.5. The smallest absolute Gasteiger partial charge is 0.199 e. The third kappa shape index (κ3) is 2.76. The van der Waals surface area contributed by atoms with Gasteiger partial charge in [0.05, 0.1) is 18.2 Å². The fraction of sp³-hybridized carbons (Fsp3) is 0.0714. The van der Waals surface area contributed by atoms with E-state index in [9.17, 15) is 9.18 Å². The first-order valence-electron chi connectivity index (χ1n) is 5.46. The van der Waals surface area contributed by atoms with Gasteiger partial charge in [0.25, 0.3) is 0 Å². The third-order valence-electron chi connectivity index (χ3n) is 2.64. The Labute approximate surface area is 118 Å². The molecule has 0 fully saturated rings. The first-order chi connectivity index (χ1) is 9.02. The molecule has 0 atom stereocenters. The van der Waals surface area contributed by atoms with Gasteiger partial charge in [-0.25, -0.2) is 4.39 Å². The summed E-state index contributed by atoms with van der Waals surface area (Å²) in [6, 6.07) is 8.87. The molecule has 0 aliphatic rings. The van der Waals surface area contributed by atoms with Crippen molar-refractivity contribution < 1.29 is 13.9 Å². The minimum Gasteiger partial charge on any atom is -0.496 e. The summed E-state index contributed by atoms with van der Waals surface area (Å²) in [4.78, 5) is 12.4. The molecule has 0 aliphatic heterocycles. The van der Waals surface area contributed by atoms with Crippen LogP contribution in [-0.4, -0.2) is 12.9 Å². The molecule has 2 aromatic carbocycles. The van der Waals surface area contributed by atoms with Gasteiger partial charge in [0, 0.05) is 10.2 Å². The van der Waals surface area contributed by atoms with Crippen LogP contribution in [-0.2, 0) is 0 Å². The minimum absolute atomic E-state index is 0.0728. The van der Waals surface area contributed by atoms with Gasteiger partial charge in [-0.1, -0.05) is 15.9 Å². The summed E-state index contributed by atoms with van der Waals surface area (Å²) in [6.07, 6.45) is 0. The van der Waals surface area contributed by atoms with E-state index in [2.05, 4.69) is 15.9 Å². The number of ether oxygens (including phenoxy) is 1. The molecular weight excluding hydrogens is 313 g/mol. The Morgan fingerprint density at radius 2 is 1.95 bits per heavy atom. The van der Waals surface area contributed by atoms with Gasteiger partial charge in [0.2, 0.25) is 0 Å². The normalized spacial score (nSPS) is 10.3. The average molecular weight is 324 g/mol. The van der Waals surface area contributed by atoms with E-state index >= 15 is 0 Å². The number of nitrogen functional groups attached to an aromatic ring is 1. The quantitative estimate of drug-likeness (QED) is 0.695. The van der Waals surface area contributed by atoms with Crippen molar-refractivity contribution in [3.8, 4) is 5.75 Å². The van der Waals surface area contributed by atoms with Crippen LogP contribution in [0.2, 0.25) is 0 Å². The van der Waals surface area contributed by atoms with Crippen molar-refractivity contribution in [1.29, 1.82) is 0 Å². The summed E-state index contributed by atoms with van der Waals surface area (Å²) in [6.45, 7) is 0. The molecule has 0 saturated heterocycles. The van der Waals surface area contributed by atoms with Gasteiger partial charge in [-0.15, -0.1) is 0 Å². The van der Waals surface area contributed by atoms with E-state index in [4.69, 9.17) is 10.5 Å². The maximum absolute atomic E-state index is 13.7. The molecule has 0 saturated carbocycles. The lowest BCUT2D eigenvalue weighted by atomic mass is 10.0. The Kier molecular flexibility index (Phi) is 3.85. The lowest BCUT2D eigenvalue weighted by molar-refractivity contribution is 0.103. The third-order valence-corrected chi connectivity index (χ3v) is 3.13. The van der Waals surface area contributed by atoms with E-state index < -0.39 is 11.6 Å². The number of halogens is 2. The molecule has 0 aromatic heterocycles. The fourth-order valence-corrected chi connectivity index (χ4v) is 2.08. The number of carbonyl (C=O) groups is 1. The summed E-state index contributed by atoms with van der Waals surface area (Å²) in [7, 11) is 1.45. The van der Waals surface area contributed by atoms with E-state index in [0.717, 1.165) is 0 Å². The molecule has 5 heteroatoms. The Bertz CT molecular complexity index is 643. The predicted octanol–water partition coefficient (Wildman–Crippen LogP) is 3.41. The molecule has 3 nitrogen and oxygen atoms in total. The Morgan fingerprint density at radius 1 is 1.21 bits per heavy atom. The Morgan fingerprint density at radius 3 is 2.63 bits per heavy atom. The van der Waals surface area contributed by atoms with Crippen molar-refractivity contribution in [1.82, 2.24) is 0 Å². The molecule has 19 heavy (non-hydrogen) atoms. The maximum Gasteiger partial charge on any atom is 0.199 e. The predicted molar refractivity (Wildman–Crippen MR) is 74.9 cm³/mol. The van der Waals surface area contributed by atoms with Crippen LogP contribution in [0.3, 0.4) is 0 Å². The number of rotatable bonds is 3. The molecule has 0 unspecified atom stereocenters. The van der Waals surface area contributed by atoms with E-state index in [1.807, 2.05) is 0 Å². The lowest BCUT2D eigenvalue weighted by Gasteiger charge is -2.09. The summed E-state index contributed by atoms with van der Waals surface area (Å²) in [5.74, 6) is -0.695. The van der Waals surface area contributed by atoms with Crippen molar-refractivity contribution in [2.24, 2.45) is 0 Å². The monoisotopic (exact) mass is 323 g/mol. The number of methoxy groups -OCH3 is 1. The Balaban J connectivity index is 2.55. The molecule has 0 spiro atoms. The van der Waals surface area contributed by atoms with Crippen LogP contribution < -0.4 is 10.5 Å². The number of benzene rings is 2. The van der Waals surface area contributed by atoms with Gasteiger partial charge in [-0.3, -0.25) is 4.79 Å². The van der Waals surface area contributed by atoms with E-state index in [-0.39, 0.29) is 11.1 Å². The second-order valence-electron chi connectivity index (χ2n) is 3.91. The highest BCUT2D eigenvalue weighted by Gasteiger charge is 2.18. The molecule has 0 aliphatic carbocycles. The first-order valence-corrected chi connectivity index (χ1v) is 6.25. The highest BCUT2D eigenvalue weighted by molar-refractivity contribution is 9.10. The SMILES string of the molecule is COc1ccc(Br)cc1C(=O)c1cc(N)ccc1F. The summed E-state index contributed by atoms with van der Waals surface area (Å²) < 4.78 is 19.5. The molecule has 0 radical (unpaired) electrons. The zero-order chi connectivity index (χ0) is 14.0. The van der Waals surface area contributed by atoms with Crippen molar-refractivity contribution in [3.05, 3.63) is 57.8 Å². The molecule has 98 valence electrons. The lowest BCUT2D eigenvalue weighted by Crippen LogP contribution is -2.07. The molecule has 0 amide bonds. The van der Waals surface area contributed by atoms with Gasteiger partial charge < -0.3 is 10.5 Å². The van der Waals surface area contributed by atoms with Gasteiger partial charge in [0.1, 0.15) is 11.6 Å². The van der Waals surface area contributed by atoms with Gasteiger partial charge in [-0.2, -0.15) is 0 Å². The highest BCUT2D eigenvalue weighted by atomic mass is 79.9. The summed E-state index contributed by atoms with van der Waals surface area (Å²) in [5, 5.41) is 0. The van der Waals surface area contributed by atoms with E-state index in [1.165, 1.54) is 25.3 Å². The molecular formula is C14H11BrFNO2. The second kappa shape index (κ2) is 5.40. The van der Waals surface area contributed by atoms with Crippen LogP contribution in [0.4, 0.5) is 10.1 Å². The van der Waals surface area contributed by atoms with Crippen molar-refractivity contribution in [2.75, 3.05) is 12.8 Å². The Hall–Kier alpha value is -1.88. The van der Waals surface area contributed by atoms with Crippen LogP contribution in [0.15, 0.2) is 40.9 Å². The number of hydrogen-bond donors (Lipinski definition) is 1. The van der Waals surface area contributed by atoms with Crippen LogP contribution in [0.25, 0.3) is 0 Å². The largest absolute Gasteiger partial charge is 0.496 e. The number of hydrogen-bond acceptors (Lipinski definition) is 3. The zero-order valence-electron chi connectivity index (χ0n) is 10.1. The zero-order valence-corrected chi connectivity index (χ0v) is 11.7. The number of carbonyl (C=O) groups excluding carboxylic acids is 1. The topological polar surface area (TPSA) is 52.3 Å². The fourth-order valence-electron chi connectivity index (χ4n) is 1.72. The van der Waals surface area contributed by atoms with Gasteiger partial charge in [0.15, 0.2) is 5.78 Å². The van der Waals surface area contributed by atoms with Crippen LogP contribution in [0.5, 0.6) is 5.75 Å². The summed E-state index contributed by atoms with van der Waals surface area (Å²) in [5.41, 5.74) is 6.12. The molecule has 2 aromatic rings. The van der Waals surface area contributed by atoms with E-state index in [0.29, 0.717) is 15.9 Å². The van der Waals surface area contributed by atoms with Crippen LogP contribution in [0.1, 0.15) is 15.9 Å². The van der Waals surface area contributed by atoms with Crippen molar-refractivity contribution in [2.45, 2.75) is 0 Å². The van der Waals surface area contributed by atoms with Crippen molar-refractivity contribution >= 4 is 27.4 Å². The van der Waals surface area contributed by atoms with Crippen molar-refractivity contribution in [3.63, 3.8) is 0 Å². The minimum atomic E-state index is -0.610. The highest BCUT2D eigenvalue weighted by Crippen LogP contribution is 2.26. The summed E-state index contributed by atoms with van der Waals surface area (Å²) >= 11 is 3.27. The molecule has 0 heterocycles. The number of ketones is 1. The number of nitrogens with two attached hydrogens (primary N) is 1. The molecule has 2 N–H and O–H groups in total. The molecule has 2 rings (SSSR count). The second-order valence-corrected chi connectivity index (χ2v) is 4.83. The molecule has 0 bridgehead atoms. The standard InChI is InChI=1S/C14H11BrFNO2/c1-19-13-5-2-8(15)6-11(13)14(18)10-7-9(17)3-4-12(10)16/h2-7H,17H2,1H3. The maximum atomic E-state index is 13.7. The van der Waals surface area contributed by atoms with Gasteiger partial charge >= 0.3 is 0 Å². The van der Waals surface area contributed by atoms with Crippen LogP contribution in [0, 0.1) is 5.82 Å². The average Bonchev–Trinajstić information content (AvgIpc) is 2.40.